The van der Waals surface area contributed by atoms with Crippen molar-refractivity contribution < 1.29 is 14.3 Å². The summed E-state index contributed by atoms with van der Waals surface area (Å²) in [7, 11) is 0. The lowest BCUT2D eigenvalue weighted by molar-refractivity contribution is -0.177. The summed E-state index contributed by atoms with van der Waals surface area (Å²) in [6, 6.07) is 0. The van der Waals surface area contributed by atoms with Crippen molar-refractivity contribution in [2.45, 2.75) is 37.3 Å². The Labute approximate surface area is 100 Å². The lowest BCUT2D eigenvalue weighted by atomic mass is 10.2. The van der Waals surface area contributed by atoms with Crippen molar-refractivity contribution in [1.82, 2.24) is 0 Å². The fourth-order valence-electron chi connectivity index (χ4n) is 0.999. The largest absolute Gasteiger partial charge is 0.433 e. The second-order valence-electron chi connectivity index (χ2n) is 3.07. The van der Waals surface area contributed by atoms with Crippen LogP contribution in [0, 0.1) is 0 Å². The van der Waals surface area contributed by atoms with Crippen molar-refractivity contribution in [1.29, 1.82) is 0 Å². The van der Waals surface area contributed by atoms with E-state index in [-0.39, 0.29) is 6.61 Å². The minimum atomic E-state index is -1.22. The monoisotopic (exact) mass is 254 g/mol. The summed E-state index contributed by atoms with van der Waals surface area (Å²) < 4.78 is 8.87. The highest BCUT2D eigenvalue weighted by Crippen LogP contribution is 2.33. The fraction of sp³-hybridized carbons (Fsp3) is 0.700. The van der Waals surface area contributed by atoms with E-state index in [9.17, 15) is 4.79 Å². The molecule has 1 atom stereocenters. The molecule has 0 aromatic rings. The van der Waals surface area contributed by atoms with E-state index in [2.05, 4.69) is 6.58 Å². The number of hydrogen-bond donors (Lipinski definition) is 0. The molecule has 0 aromatic carbocycles. The number of carbonyl (C=O) groups is 1. The highest BCUT2D eigenvalue weighted by Gasteiger charge is 2.37. The highest BCUT2D eigenvalue weighted by molar-refractivity contribution is 6.48. The van der Waals surface area contributed by atoms with E-state index < -0.39 is 16.6 Å². The molecule has 0 aliphatic carbocycles. The van der Waals surface area contributed by atoms with Crippen molar-refractivity contribution in [2.75, 3.05) is 6.61 Å². The molecule has 15 heavy (non-hydrogen) atoms. The van der Waals surface area contributed by atoms with Gasteiger partial charge in [-0.2, -0.15) is 0 Å². The van der Waals surface area contributed by atoms with Gasteiger partial charge < -0.3 is 9.47 Å². The number of alkyl halides is 2. The Morgan fingerprint density at radius 2 is 2.20 bits per heavy atom. The lowest BCUT2D eigenvalue weighted by Crippen LogP contribution is -2.37. The first-order valence-electron chi connectivity index (χ1n) is 4.71. The van der Waals surface area contributed by atoms with E-state index in [0.29, 0.717) is 6.42 Å². The van der Waals surface area contributed by atoms with Crippen molar-refractivity contribution in [3.63, 3.8) is 0 Å². The van der Waals surface area contributed by atoms with Gasteiger partial charge >= 0.3 is 5.97 Å². The molecule has 0 N–H and O–H groups in total. The molecule has 88 valence electrons. The highest BCUT2D eigenvalue weighted by atomic mass is 35.5. The SMILES string of the molecule is C=CCOC(OC(C)=O)C(Cl)(Cl)CCC. The summed E-state index contributed by atoms with van der Waals surface area (Å²) in [5.41, 5.74) is 0. The fourth-order valence-corrected chi connectivity index (χ4v) is 1.59. The summed E-state index contributed by atoms with van der Waals surface area (Å²) in [5, 5.41) is 0. The van der Waals surface area contributed by atoms with Crippen LogP contribution in [0.15, 0.2) is 12.7 Å². The van der Waals surface area contributed by atoms with Gasteiger partial charge in [0.25, 0.3) is 0 Å². The minimum Gasteiger partial charge on any atom is -0.433 e. The zero-order valence-electron chi connectivity index (χ0n) is 8.96. The summed E-state index contributed by atoms with van der Waals surface area (Å²) >= 11 is 12.0. The Kier molecular flexibility index (Phi) is 6.98. The number of esters is 1. The number of hydrogen-bond acceptors (Lipinski definition) is 3. The molecule has 0 saturated carbocycles. The normalized spacial score (nSPS) is 13.3. The Hall–Kier alpha value is -0.250. The molecule has 0 radical (unpaired) electrons. The molecule has 0 aromatic heterocycles. The number of ether oxygens (including phenoxy) is 2. The van der Waals surface area contributed by atoms with Crippen LogP contribution in [0.2, 0.25) is 0 Å². The van der Waals surface area contributed by atoms with Crippen LogP contribution in [-0.4, -0.2) is 23.2 Å². The molecule has 1 unspecified atom stereocenters. The molecule has 0 aliphatic heterocycles. The number of carbonyl (C=O) groups excluding carboxylic acids is 1. The van der Waals surface area contributed by atoms with Gasteiger partial charge in [0.1, 0.15) is 0 Å². The van der Waals surface area contributed by atoms with E-state index >= 15 is 0 Å². The molecule has 0 saturated heterocycles. The summed E-state index contributed by atoms with van der Waals surface area (Å²) in [4.78, 5) is 10.8. The Balaban J connectivity index is 4.43. The molecule has 0 amide bonds. The van der Waals surface area contributed by atoms with Crippen LogP contribution in [-0.2, 0) is 14.3 Å². The predicted octanol–water partition coefficient (Wildman–Crippen LogP) is 3.05. The second kappa shape index (κ2) is 7.09. The van der Waals surface area contributed by atoms with E-state index in [0.717, 1.165) is 6.42 Å². The maximum atomic E-state index is 10.8. The maximum Gasteiger partial charge on any atom is 0.305 e. The van der Waals surface area contributed by atoms with Crippen LogP contribution in [0.4, 0.5) is 0 Å². The lowest BCUT2D eigenvalue weighted by Gasteiger charge is -2.28. The first-order chi connectivity index (χ1) is 6.94. The predicted molar refractivity (Wildman–Crippen MR) is 61.0 cm³/mol. The summed E-state index contributed by atoms with van der Waals surface area (Å²) in [6.45, 7) is 6.92. The van der Waals surface area contributed by atoms with Crippen molar-refractivity contribution in [3.05, 3.63) is 12.7 Å². The van der Waals surface area contributed by atoms with Gasteiger partial charge in [-0.1, -0.05) is 42.6 Å². The maximum absolute atomic E-state index is 10.8. The first kappa shape index (κ1) is 14.8. The zero-order valence-corrected chi connectivity index (χ0v) is 10.5. The number of rotatable bonds is 7. The molecule has 0 spiro atoms. The molecule has 0 bridgehead atoms. The minimum absolute atomic E-state index is 0.225. The van der Waals surface area contributed by atoms with Gasteiger partial charge in [-0.3, -0.25) is 4.79 Å². The van der Waals surface area contributed by atoms with E-state index in [1.54, 1.807) is 0 Å². The van der Waals surface area contributed by atoms with Crippen LogP contribution in [0.1, 0.15) is 26.7 Å². The van der Waals surface area contributed by atoms with Crippen LogP contribution in [0.25, 0.3) is 0 Å². The van der Waals surface area contributed by atoms with Crippen LogP contribution in [0.5, 0.6) is 0 Å². The molecule has 0 aliphatic rings. The Morgan fingerprint density at radius 3 is 2.60 bits per heavy atom. The third kappa shape index (κ3) is 6.03. The van der Waals surface area contributed by atoms with Crippen LogP contribution in [0.3, 0.4) is 0 Å². The Bertz CT molecular complexity index is 217. The first-order valence-corrected chi connectivity index (χ1v) is 5.47. The quantitative estimate of drug-likeness (QED) is 0.303. The van der Waals surface area contributed by atoms with E-state index in [4.69, 9.17) is 32.7 Å². The average Bonchev–Trinajstić information content (AvgIpc) is 2.11. The molecule has 0 rings (SSSR count). The molecular formula is C10H16Cl2O3. The van der Waals surface area contributed by atoms with Gasteiger partial charge in [-0.05, 0) is 6.42 Å². The third-order valence-electron chi connectivity index (χ3n) is 1.57. The molecular weight excluding hydrogens is 239 g/mol. The van der Waals surface area contributed by atoms with E-state index in [1.807, 2.05) is 6.92 Å². The molecule has 0 heterocycles. The summed E-state index contributed by atoms with van der Waals surface area (Å²) in [6.07, 6.45) is 1.82. The van der Waals surface area contributed by atoms with Gasteiger partial charge in [0.15, 0.2) is 4.33 Å². The standard InChI is InChI=1S/C10H16Cl2O3/c1-4-6-10(11,12)9(14-7-5-2)15-8(3)13/h5,9H,2,4,6-7H2,1,3H3. The van der Waals surface area contributed by atoms with Crippen molar-refractivity contribution in [2.24, 2.45) is 0 Å². The zero-order chi connectivity index (χ0) is 11.9. The average molecular weight is 255 g/mol. The van der Waals surface area contributed by atoms with Gasteiger partial charge in [0.05, 0.1) is 6.61 Å². The third-order valence-corrected chi connectivity index (χ3v) is 2.30. The molecule has 0 fully saturated rings. The van der Waals surface area contributed by atoms with Gasteiger partial charge in [0.2, 0.25) is 6.29 Å². The Morgan fingerprint density at radius 1 is 1.60 bits per heavy atom. The smallest absolute Gasteiger partial charge is 0.305 e. The van der Waals surface area contributed by atoms with Crippen LogP contribution >= 0.6 is 23.2 Å². The van der Waals surface area contributed by atoms with E-state index in [1.165, 1.54) is 13.0 Å². The summed E-state index contributed by atoms with van der Waals surface area (Å²) in [5.74, 6) is -0.481. The molecule has 5 heteroatoms. The van der Waals surface area contributed by atoms with Crippen molar-refractivity contribution in [3.8, 4) is 0 Å². The van der Waals surface area contributed by atoms with Gasteiger partial charge in [-0.15, -0.1) is 6.58 Å². The topological polar surface area (TPSA) is 35.5 Å². The second-order valence-corrected chi connectivity index (χ2v) is 4.62. The van der Waals surface area contributed by atoms with Crippen molar-refractivity contribution >= 4 is 29.2 Å². The number of halogens is 2. The van der Waals surface area contributed by atoms with Gasteiger partial charge in [-0.25, -0.2) is 0 Å². The van der Waals surface area contributed by atoms with Gasteiger partial charge in [0, 0.05) is 6.92 Å². The molecule has 3 nitrogen and oxygen atoms in total. The van der Waals surface area contributed by atoms with Crippen LogP contribution < -0.4 is 0 Å².